The molecule has 1 heterocycles. The molecule has 0 aromatic carbocycles. The monoisotopic (exact) mass is 222 g/mol. The minimum absolute atomic E-state index is 0. The van der Waals surface area contributed by atoms with Gasteiger partial charge in [0.05, 0.1) is 6.04 Å². The largest absolute Gasteiger partial charge is 0.385 e. The number of hydrogen-bond acceptors (Lipinski definition) is 3. The van der Waals surface area contributed by atoms with Crippen LogP contribution in [0.3, 0.4) is 0 Å². The topological polar surface area (TPSA) is 50.4 Å². The molecule has 2 N–H and O–H groups in total. The van der Waals surface area contributed by atoms with E-state index in [9.17, 15) is 4.79 Å². The summed E-state index contributed by atoms with van der Waals surface area (Å²) in [5, 5.41) is 6.03. The first-order valence-corrected chi connectivity index (χ1v) is 4.84. The van der Waals surface area contributed by atoms with Crippen molar-refractivity contribution in [3.05, 3.63) is 0 Å². The van der Waals surface area contributed by atoms with Crippen molar-refractivity contribution in [2.45, 2.75) is 25.3 Å². The number of halogens is 1. The molecule has 1 atom stereocenters. The molecule has 1 saturated heterocycles. The zero-order chi connectivity index (χ0) is 9.52. The first kappa shape index (κ1) is 13.7. The van der Waals surface area contributed by atoms with Gasteiger partial charge < -0.3 is 15.4 Å². The molecule has 1 aliphatic heterocycles. The molecule has 1 unspecified atom stereocenters. The van der Waals surface area contributed by atoms with E-state index in [-0.39, 0.29) is 24.4 Å². The lowest BCUT2D eigenvalue weighted by atomic mass is 10.2. The molecule has 5 heteroatoms. The van der Waals surface area contributed by atoms with Crippen molar-refractivity contribution in [3.63, 3.8) is 0 Å². The summed E-state index contributed by atoms with van der Waals surface area (Å²) in [6.45, 7) is 2.39. The van der Waals surface area contributed by atoms with Crippen LogP contribution in [0.5, 0.6) is 0 Å². The average Bonchev–Trinajstić information content (AvgIpc) is 2.65. The first-order valence-electron chi connectivity index (χ1n) is 4.84. The van der Waals surface area contributed by atoms with Gasteiger partial charge in [0, 0.05) is 20.3 Å². The second kappa shape index (κ2) is 8.03. The Kier molecular flexibility index (Phi) is 7.84. The molecule has 0 saturated carbocycles. The van der Waals surface area contributed by atoms with E-state index in [4.69, 9.17) is 4.74 Å². The van der Waals surface area contributed by atoms with Crippen LogP contribution in [0.25, 0.3) is 0 Å². The van der Waals surface area contributed by atoms with Crippen LogP contribution < -0.4 is 10.6 Å². The molecule has 0 aromatic rings. The van der Waals surface area contributed by atoms with Crippen LogP contribution in [0, 0.1) is 0 Å². The smallest absolute Gasteiger partial charge is 0.237 e. The lowest BCUT2D eigenvalue weighted by molar-refractivity contribution is -0.122. The third-order valence-electron chi connectivity index (χ3n) is 2.20. The van der Waals surface area contributed by atoms with E-state index >= 15 is 0 Å². The number of carbonyl (C=O) groups is 1. The Labute approximate surface area is 91.2 Å². The summed E-state index contributed by atoms with van der Waals surface area (Å²) >= 11 is 0. The van der Waals surface area contributed by atoms with Crippen LogP contribution in [0.2, 0.25) is 0 Å². The lowest BCUT2D eigenvalue weighted by Crippen LogP contribution is -2.40. The van der Waals surface area contributed by atoms with E-state index in [2.05, 4.69) is 10.6 Å². The Bertz CT molecular complexity index is 161. The number of carbonyl (C=O) groups excluding carboxylic acids is 1. The Morgan fingerprint density at radius 2 is 2.43 bits per heavy atom. The van der Waals surface area contributed by atoms with Crippen LogP contribution in [0.1, 0.15) is 19.3 Å². The maximum Gasteiger partial charge on any atom is 0.237 e. The summed E-state index contributed by atoms with van der Waals surface area (Å²) in [6.07, 6.45) is 2.96. The number of nitrogens with one attached hydrogen (secondary N) is 2. The molecule has 0 radical (unpaired) electrons. The lowest BCUT2D eigenvalue weighted by Gasteiger charge is -2.10. The van der Waals surface area contributed by atoms with E-state index < -0.39 is 0 Å². The third-order valence-corrected chi connectivity index (χ3v) is 2.20. The number of hydrogen-bond donors (Lipinski definition) is 2. The standard InChI is InChI=1S/C9H18N2O2.ClH/c1-13-7-3-6-11-9(12)8-4-2-5-10-8;/h8,10H,2-7H2,1H3,(H,11,12);1H. The Balaban J connectivity index is 0.00000169. The van der Waals surface area contributed by atoms with E-state index in [1.54, 1.807) is 7.11 Å². The molecule has 1 amide bonds. The predicted octanol–water partition coefficient (Wildman–Crippen LogP) is 0.313. The number of amides is 1. The summed E-state index contributed by atoms with van der Waals surface area (Å²) in [7, 11) is 1.67. The van der Waals surface area contributed by atoms with Crippen LogP contribution in [-0.2, 0) is 9.53 Å². The summed E-state index contributed by atoms with van der Waals surface area (Å²) in [4.78, 5) is 11.4. The van der Waals surface area contributed by atoms with Crippen LogP contribution in [-0.4, -0.2) is 38.8 Å². The van der Waals surface area contributed by atoms with Gasteiger partial charge in [-0.3, -0.25) is 4.79 Å². The molecule has 0 aromatic heterocycles. The average molecular weight is 223 g/mol. The van der Waals surface area contributed by atoms with Gasteiger partial charge in [-0.15, -0.1) is 12.4 Å². The highest BCUT2D eigenvalue weighted by atomic mass is 35.5. The summed E-state index contributed by atoms with van der Waals surface area (Å²) in [5.41, 5.74) is 0. The van der Waals surface area contributed by atoms with Gasteiger partial charge in [0.25, 0.3) is 0 Å². The molecule has 14 heavy (non-hydrogen) atoms. The normalized spacial score (nSPS) is 20.2. The predicted molar refractivity (Wildman–Crippen MR) is 57.8 cm³/mol. The molecule has 4 nitrogen and oxygen atoms in total. The maximum atomic E-state index is 11.4. The maximum absolute atomic E-state index is 11.4. The molecule has 1 fully saturated rings. The third kappa shape index (κ3) is 4.79. The van der Waals surface area contributed by atoms with Crippen LogP contribution >= 0.6 is 12.4 Å². The van der Waals surface area contributed by atoms with Crippen molar-refractivity contribution < 1.29 is 9.53 Å². The van der Waals surface area contributed by atoms with Crippen molar-refractivity contribution in [1.82, 2.24) is 10.6 Å². The number of ether oxygens (including phenoxy) is 1. The van der Waals surface area contributed by atoms with Gasteiger partial charge in [-0.05, 0) is 25.8 Å². The second-order valence-corrected chi connectivity index (χ2v) is 3.29. The second-order valence-electron chi connectivity index (χ2n) is 3.29. The molecule has 0 spiro atoms. The number of rotatable bonds is 5. The molecule has 0 bridgehead atoms. The first-order chi connectivity index (χ1) is 6.34. The molecular formula is C9H19ClN2O2. The van der Waals surface area contributed by atoms with Crippen molar-refractivity contribution in [1.29, 1.82) is 0 Å². The molecule has 1 rings (SSSR count). The van der Waals surface area contributed by atoms with Crippen molar-refractivity contribution in [3.8, 4) is 0 Å². The SMILES string of the molecule is COCCCNC(=O)C1CCCN1.Cl. The summed E-state index contributed by atoms with van der Waals surface area (Å²) < 4.78 is 4.88. The van der Waals surface area contributed by atoms with E-state index in [0.717, 1.165) is 25.8 Å². The summed E-state index contributed by atoms with van der Waals surface area (Å²) in [5.74, 6) is 0.133. The van der Waals surface area contributed by atoms with Gasteiger partial charge in [0.15, 0.2) is 0 Å². The van der Waals surface area contributed by atoms with E-state index in [1.807, 2.05) is 0 Å². The van der Waals surface area contributed by atoms with Gasteiger partial charge >= 0.3 is 0 Å². The molecule has 84 valence electrons. The Morgan fingerprint density at radius 1 is 1.64 bits per heavy atom. The van der Waals surface area contributed by atoms with Gasteiger partial charge in [-0.25, -0.2) is 0 Å². The fourth-order valence-electron chi connectivity index (χ4n) is 1.46. The molecular weight excluding hydrogens is 204 g/mol. The van der Waals surface area contributed by atoms with Crippen LogP contribution in [0.4, 0.5) is 0 Å². The number of methoxy groups -OCH3 is 1. The van der Waals surface area contributed by atoms with Gasteiger partial charge in [0.1, 0.15) is 0 Å². The van der Waals surface area contributed by atoms with Crippen LogP contribution in [0.15, 0.2) is 0 Å². The van der Waals surface area contributed by atoms with Crippen molar-refractivity contribution in [2.24, 2.45) is 0 Å². The highest BCUT2D eigenvalue weighted by molar-refractivity contribution is 5.85. The highest BCUT2D eigenvalue weighted by Gasteiger charge is 2.20. The van der Waals surface area contributed by atoms with E-state index in [0.29, 0.717) is 13.2 Å². The molecule has 1 aliphatic rings. The minimum Gasteiger partial charge on any atom is -0.385 e. The quantitative estimate of drug-likeness (QED) is 0.659. The summed E-state index contributed by atoms with van der Waals surface area (Å²) in [6, 6.07) is 0.0440. The zero-order valence-corrected chi connectivity index (χ0v) is 9.36. The highest BCUT2D eigenvalue weighted by Crippen LogP contribution is 2.04. The fourth-order valence-corrected chi connectivity index (χ4v) is 1.46. The van der Waals surface area contributed by atoms with Gasteiger partial charge in [-0.2, -0.15) is 0 Å². The fraction of sp³-hybridized carbons (Fsp3) is 0.889. The minimum atomic E-state index is 0. The van der Waals surface area contributed by atoms with Gasteiger partial charge in [-0.1, -0.05) is 0 Å². The van der Waals surface area contributed by atoms with Crippen molar-refractivity contribution in [2.75, 3.05) is 26.8 Å². The van der Waals surface area contributed by atoms with E-state index in [1.165, 1.54) is 0 Å². The Hall–Kier alpha value is -0.320. The molecule has 0 aliphatic carbocycles. The van der Waals surface area contributed by atoms with Crippen molar-refractivity contribution >= 4 is 18.3 Å². The zero-order valence-electron chi connectivity index (χ0n) is 8.54. The Morgan fingerprint density at radius 3 is 3.00 bits per heavy atom. The van der Waals surface area contributed by atoms with Gasteiger partial charge in [0.2, 0.25) is 5.91 Å².